The summed E-state index contributed by atoms with van der Waals surface area (Å²) >= 11 is 3.44. The summed E-state index contributed by atoms with van der Waals surface area (Å²) in [6, 6.07) is 13.3. The van der Waals surface area contributed by atoms with Crippen LogP contribution in [-0.4, -0.2) is 25.2 Å². The molecule has 0 unspecified atom stereocenters. The van der Waals surface area contributed by atoms with Crippen LogP contribution in [-0.2, 0) is 16.1 Å². The van der Waals surface area contributed by atoms with Gasteiger partial charge in [-0.05, 0) is 70.2 Å². The summed E-state index contributed by atoms with van der Waals surface area (Å²) in [6.07, 6.45) is 3.45. The fourth-order valence-corrected chi connectivity index (χ4v) is 3.40. The predicted octanol–water partition coefficient (Wildman–Crippen LogP) is 4.37. The Bertz CT molecular complexity index is 932. The van der Waals surface area contributed by atoms with Crippen LogP contribution in [0, 0.1) is 17.1 Å². The number of benzene rings is 2. The lowest BCUT2D eigenvalue weighted by atomic mass is 10.1. The molecule has 2 aromatic rings. The van der Waals surface area contributed by atoms with Gasteiger partial charge in [0.2, 0.25) is 0 Å². The molecule has 0 aromatic heterocycles. The van der Waals surface area contributed by atoms with Crippen molar-refractivity contribution in [2.24, 2.45) is 0 Å². The molecule has 0 saturated carbocycles. The molecular formula is C22H20BrFN2O3. The van der Waals surface area contributed by atoms with Gasteiger partial charge in [-0.1, -0.05) is 18.2 Å². The van der Waals surface area contributed by atoms with Crippen molar-refractivity contribution < 1.29 is 18.7 Å². The van der Waals surface area contributed by atoms with Crippen molar-refractivity contribution in [1.82, 2.24) is 5.32 Å². The first-order valence-electron chi connectivity index (χ1n) is 9.23. The Morgan fingerprint density at radius 1 is 1.34 bits per heavy atom. The quantitative estimate of drug-likeness (QED) is 0.493. The molecule has 0 radical (unpaired) electrons. The molecule has 0 aliphatic carbocycles. The Morgan fingerprint density at radius 2 is 2.14 bits per heavy atom. The SMILES string of the molecule is N#C/C(=C\c1ccc(OCc2ccc(F)cc2)c(Br)c1)C(=O)NC[C@@H]1CCCO1. The summed E-state index contributed by atoms with van der Waals surface area (Å²) in [5, 5.41) is 12.1. The largest absolute Gasteiger partial charge is 0.488 e. The van der Waals surface area contributed by atoms with E-state index in [1.165, 1.54) is 18.2 Å². The van der Waals surface area contributed by atoms with Crippen molar-refractivity contribution in [3.8, 4) is 11.8 Å². The monoisotopic (exact) mass is 458 g/mol. The molecular weight excluding hydrogens is 439 g/mol. The highest BCUT2D eigenvalue weighted by Crippen LogP contribution is 2.28. The number of hydrogen-bond acceptors (Lipinski definition) is 4. The van der Waals surface area contributed by atoms with E-state index in [2.05, 4.69) is 21.2 Å². The second kappa shape index (κ2) is 10.2. The molecule has 1 N–H and O–H groups in total. The molecule has 1 amide bonds. The number of nitrogens with one attached hydrogen (secondary N) is 1. The summed E-state index contributed by atoms with van der Waals surface area (Å²) in [5.74, 6) is -0.109. The lowest BCUT2D eigenvalue weighted by Crippen LogP contribution is -2.32. The Morgan fingerprint density at radius 3 is 2.79 bits per heavy atom. The van der Waals surface area contributed by atoms with E-state index in [0.29, 0.717) is 35.5 Å². The maximum Gasteiger partial charge on any atom is 0.262 e. The lowest BCUT2D eigenvalue weighted by molar-refractivity contribution is -0.117. The Kier molecular flexibility index (Phi) is 7.39. The van der Waals surface area contributed by atoms with Crippen LogP contribution >= 0.6 is 15.9 Å². The Balaban J connectivity index is 1.61. The average molecular weight is 459 g/mol. The Labute approximate surface area is 177 Å². The summed E-state index contributed by atoms with van der Waals surface area (Å²) in [5.41, 5.74) is 1.56. The minimum Gasteiger partial charge on any atom is -0.488 e. The maximum atomic E-state index is 13.0. The van der Waals surface area contributed by atoms with E-state index in [1.54, 1.807) is 30.3 Å². The minimum atomic E-state index is -0.421. The number of halogens is 2. The first-order valence-corrected chi connectivity index (χ1v) is 10.0. The van der Waals surface area contributed by atoms with Gasteiger partial charge in [-0.3, -0.25) is 4.79 Å². The van der Waals surface area contributed by atoms with Crippen LogP contribution in [0.15, 0.2) is 52.5 Å². The van der Waals surface area contributed by atoms with Gasteiger partial charge in [0.1, 0.15) is 29.8 Å². The maximum absolute atomic E-state index is 13.0. The van der Waals surface area contributed by atoms with E-state index in [0.717, 1.165) is 18.4 Å². The normalized spacial score (nSPS) is 16.3. The van der Waals surface area contributed by atoms with Gasteiger partial charge in [-0.25, -0.2) is 4.39 Å². The first-order chi connectivity index (χ1) is 14.0. The summed E-state index contributed by atoms with van der Waals surface area (Å²) in [6.45, 7) is 1.41. The number of nitrogens with zero attached hydrogens (tertiary/aromatic N) is 1. The number of carbonyl (C=O) groups is 1. The zero-order valence-electron chi connectivity index (χ0n) is 15.7. The van der Waals surface area contributed by atoms with Gasteiger partial charge in [0.05, 0.1) is 10.6 Å². The van der Waals surface area contributed by atoms with Gasteiger partial charge >= 0.3 is 0 Å². The molecule has 1 aliphatic heterocycles. The van der Waals surface area contributed by atoms with Gasteiger partial charge < -0.3 is 14.8 Å². The summed E-state index contributed by atoms with van der Waals surface area (Å²) < 4.78 is 24.9. The molecule has 0 spiro atoms. The van der Waals surface area contributed by atoms with Crippen LogP contribution in [0.25, 0.3) is 6.08 Å². The van der Waals surface area contributed by atoms with Crippen LogP contribution in [0.1, 0.15) is 24.0 Å². The van der Waals surface area contributed by atoms with E-state index in [9.17, 15) is 14.4 Å². The van der Waals surface area contributed by atoms with Crippen molar-refractivity contribution in [2.45, 2.75) is 25.6 Å². The molecule has 1 aliphatic rings. The van der Waals surface area contributed by atoms with E-state index in [4.69, 9.17) is 9.47 Å². The predicted molar refractivity (Wildman–Crippen MR) is 110 cm³/mol. The van der Waals surface area contributed by atoms with Crippen molar-refractivity contribution >= 4 is 27.9 Å². The van der Waals surface area contributed by atoms with Gasteiger partial charge in [0.15, 0.2) is 0 Å². The van der Waals surface area contributed by atoms with Gasteiger partial charge in [0, 0.05) is 13.2 Å². The number of nitriles is 1. The number of rotatable bonds is 7. The average Bonchev–Trinajstić information content (AvgIpc) is 3.24. The second-order valence-corrected chi connectivity index (χ2v) is 7.47. The molecule has 29 heavy (non-hydrogen) atoms. The smallest absolute Gasteiger partial charge is 0.262 e. The zero-order valence-corrected chi connectivity index (χ0v) is 17.2. The fourth-order valence-electron chi connectivity index (χ4n) is 2.89. The van der Waals surface area contributed by atoms with Crippen LogP contribution in [0.5, 0.6) is 5.75 Å². The van der Waals surface area contributed by atoms with Gasteiger partial charge in [0.25, 0.3) is 5.91 Å². The molecule has 3 rings (SSSR count). The third-order valence-electron chi connectivity index (χ3n) is 4.45. The first kappa shape index (κ1) is 21.0. The third-order valence-corrected chi connectivity index (χ3v) is 5.07. The number of ether oxygens (including phenoxy) is 2. The summed E-state index contributed by atoms with van der Waals surface area (Å²) in [7, 11) is 0. The topological polar surface area (TPSA) is 71.3 Å². The van der Waals surface area contributed by atoms with E-state index in [-0.39, 0.29) is 17.5 Å². The molecule has 2 aromatic carbocycles. The number of hydrogen-bond donors (Lipinski definition) is 1. The van der Waals surface area contributed by atoms with Crippen LogP contribution < -0.4 is 10.1 Å². The van der Waals surface area contributed by atoms with E-state index in [1.807, 2.05) is 6.07 Å². The molecule has 1 atom stereocenters. The van der Waals surface area contributed by atoms with Crippen molar-refractivity contribution in [3.63, 3.8) is 0 Å². The van der Waals surface area contributed by atoms with Gasteiger partial charge in [-0.15, -0.1) is 0 Å². The van der Waals surface area contributed by atoms with E-state index < -0.39 is 5.91 Å². The molecule has 1 heterocycles. The van der Waals surface area contributed by atoms with Crippen molar-refractivity contribution in [3.05, 3.63) is 69.5 Å². The highest BCUT2D eigenvalue weighted by atomic mass is 79.9. The van der Waals surface area contributed by atoms with Gasteiger partial charge in [-0.2, -0.15) is 5.26 Å². The van der Waals surface area contributed by atoms with Crippen LogP contribution in [0.2, 0.25) is 0 Å². The molecule has 1 fully saturated rings. The standard InChI is InChI=1S/C22H20BrFN2O3/c23-20-11-16(5-8-21(20)29-14-15-3-6-18(24)7-4-15)10-17(12-25)22(27)26-13-19-2-1-9-28-19/h3-8,10-11,19H,1-2,9,13-14H2,(H,26,27)/b17-10+/t19-/m0/s1. The fraction of sp³-hybridized carbons (Fsp3) is 0.273. The minimum absolute atomic E-state index is 0.0191. The highest BCUT2D eigenvalue weighted by Gasteiger charge is 2.17. The lowest BCUT2D eigenvalue weighted by Gasteiger charge is -2.11. The summed E-state index contributed by atoms with van der Waals surface area (Å²) in [4.78, 5) is 12.2. The number of carbonyl (C=O) groups excluding carboxylic acids is 1. The molecule has 7 heteroatoms. The van der Waals surface area contributed by atoms with E-state index >= 15 is 0 Å². The zero-order chi connectivity index (χ0) is 20.6. The molecule has 5 nitrogen and oxygen atoms in total. The van der Waals surface area contributed by atoms with Crippen molar-refractivity contribution in [2.75, 3.05) is 13.2 Å². The second-order valence-electron chi connectivity index (χ2n) is 6.62. The van der Waals surface area contributed by atoms with Crippen LogP contribution in [0.3, 0.4) is 0 Å². The molecule has 150 valence electrons. The third kappa shape index (κ3) is 6.14. The van der Waals surface area contributed by atoms with Crippen molar-refractivity contribution in [1.29, 1.82) is 5.26 Å². The highest BCUT2D eigenvalue weighted by molar-refractivity contribution is 9.10. The molecule has 0 bridgehead atoms. The molecule has 1 saturated heterocycles. The van der Waals surface area contributed by atoms with Crippen LogP contribution in [0.4, 0.5) is 4.39 Å². The number of amides is 1. The Hall–Kier alpha value is -2.69.